The van der Waals surface area contributed by atoms with Crippen molar-refractivity contribution in [3.05, 3.63) is 0 Å². The number of morpholine rings is 1. The highest BCUT2D eigenvalue weighted by Crippen LogP contribution is 2.26. The lowest BCUT2D eigenvalue weighted by Crippen LogP contribution is -2.55. The number of amides is 3. The number of aliphatic hydroxyl groups is 2. The van der Waals surface area contributed by atoms with E-state index in [1.165, 1.54) is 11.8 Å². The Bertz CT molecular complexity index is 737. The number of nitrogens with one attached hydrogen (secondary N) is 1. The molecule has 4 rings (SSSR count). The molecule has 4 saturated heterocycles. The van der Waals surface area contributed by atoms with E-state index >= 15 is 0 Å². The number of aliphatic hydroxyl groups excluding tert-OH is 2. The molecule has 0 aliphatic carbocycles. The quantitative estimate of drug-likeness (QED) is 0.397. The van der Waals surface area contributed by atoms with Gasteiger partial charge in [0.05, 0.1) is 31.3 Å². The van der Waals surface area contributed by atoms with Gasteiger partial charge in [0.2, 0.25) is 17.7 Å². The molecule has 180 valence electrons. The third-order valence-corrected chi connectivity index (χ3v) is 7.03. The smallest absolute Gasteiger partial charge is 0.240 e. The Morgan fingerprint density at radius 2 is 1.88 bits per heavy atom. The molecule has 32 heavy (non-hydrogen) atoms. The summed E-state index contributed by atoms with van der Waals surface area (Å²) in [6, 6.07) is -0.492. The summed E-state index contributed by atoms with van der Waals surface area (Å²) in [5.41, 5.74) is 0. The highest BCUT2D eigenvalue weighted by Gasteiger charge is 2.46. The number of nitrogens with zero attached hydrogens (tertiary/aromatic N) is 3. The molecule has 0 aromatic carbocycles. The molecule has 0 saturated carbocycles. The highest BCUT2D eigenvalue weighted by molar-refractivity contribution is 5.83. The maximum absolute atomic E-state index is 13.3. The van der Waals surface area contributed by atoms with Crippen LogP contribution in [0.5, 0.6) is 0 Å². The summed E-state index contributed by atoms with van der Waals surface area (Å²) in [7, 11) is 0. The second kappa shape index (κ2) is 9.60. The topological polar surface area (TPSA) is 132 Å². The van der Waals surface area contributed by atoms with E-state index in [1.54, 1.807) is 4.90 Å². The minimum absolute atomic E-state index is 0.0209. The second-order valence-electron chi connectivity index (χ2n) is 9.20. The van der Waals surface area contributed by atoms with Gasteiger partial charge in [-0.1, -0.05) is 6.92 Å². The van der Waals surface area contributed by atoms with E-state index in [9.17, 15) is 24.6 Å². The average Bonchev–Trinajstić information content (AvgIpc) is 3.28. The van der Waals surface area contributed by atoms with Gasteiger partial charge in [0.15, 0.2) is 0 Å². The predicted octanol–water partition coefficient (Wildman–Crippen LogP) is -2.47. The Hall–Kier alpha value is -1.79. The van der Waals surface area contributed by atoms with Crippen molar-refractivity contribution in [1.29, 1.82) is 0 Å². The predicted molar refractivity (Wildman–Crippen MR) is 111 cm³/mol. The zero-order valence-electron chi connectivity index (χ0n) is 18.7. The summed E-state index contributed by atoms with van der Waals surface area (Å²) in [5, 5.41) is 23.9. The summed E-state index contributed by atoms with van der Waals surface area (Å²) in [4.78, 5) is 43.6. The Morgan fingerprint density at radius 1 is 1.12 bits per heavy atom. The first-order valence-corrected chi connectivity index (χ1v) is 11.5. The monoisotopic (exact) mass is 454 g/mol. The van der Waals surface area contributed by atoms with E-state index in [0.717, 1.165) is 0 Å². The van der Waals surface area contributed by atoms with Crippen LogP contribution in [0, 0.1) is 0 Å². The van der Waals surface area contributed by atoms with Crippen molar-refractivity contribution in [3.63, 3.8) is 0 Å². The van der Waals surface area contributed by atoms with Gasteiger partial charge in [0, 0.05) is 45.7 Å². The first kappa shape index (κ1) is 23.4. The molecule has 3 amide bonds. The first-order valence-electron chi connectivity index (χ1n) is 11.5. The molecule has 4 fully saturated rings. The van der Waals surface area contributed by atoms with Crippen molar-refractivity contribution in [2.75, 3.05) is 45.9 Å². The van der Waals surface area contributed by atoms with Gasteiger partial charge in [0.25, 0.3) is 0 Å². The van der Waals surface area contributed by atoms with E-state index in [1.807, 2.05) is 6.92 Å². The van der Waals surface area contributed by atoms with Crippen LogP contribution in [0.4, 0.5) is 0 Å². The molecule has 3 N–H and O–H groups in total. The van der Waals surface area contributed by atoms with E-state index in [4.69, 9.17) is 9.47 Å². The molecule has 6 bridgehead atoms. The molecular formula is C21H34N4O7. The fourth-order valence-electron chi connectivity index (χ4n) is 5.26. The molecule has 11 heteroatoms. The Labute approximate surface area is 187 Å². The third-order valence-electron chi connectivity index (χ3n) is 7.03. The molecule has 0 aromatic rings. The van der Waals surface area contributed by atoms with Crippen LogP contribution in [0.1, 0.15) is 26.7 Å². The molecule has 4 aliphatic rings. The second-order valence-corrected chi connectivity index (χ2v) is 9.20. The SMILES string of the molecule is CCN1C[C@@H]2C[C@H]1C(=O)N1CCO[C@H](CN(C(C)=O)C[C@H]3O[C@@H](CC(=O)N2)[C@H](O)[C@@H]3O)C1. The fourth-order valence-corrected chi connectivity index (χ4v) is 5.26. The number of hydrogen-bond acceptors (Lipinski definition) is 8. The van der Waals surface area contributed by atoms with Crippen molar-refractivity contribution in [2.24, 2.45) is 0 Å². The zero-order valence-corrected chi connectivity index (χ0v) is 18.7. The number of hydrogen-bond donors (Lipinski definition) is 3. The maximum atomic E-state index is 13.3. The van der Waals surface area contributed by atoms with E-state index < -0.39 is 24.4 Å². The number of carbonyl (C=O) groups is 3. The van der Waals surface area contributed by atoms with Gasteiger partial charge in [0.1, 0.15) is 18.3 Å². The average molecular weight is 455 g/mol. The molecule has 11 nitrogen and oxygen atoms in total. The number of rotatable bonds is 1. The van der Waals surface area contributed by atoms with Crippen LogP contribution in [0.2, 0.25) is 0 Å². The van der Waals surface area contributed by atoms with Crippen LogP contribution in [0.15, 0.2) is 0 Å². The molecule has 0 spiro atoms. The van der Waals surface area contributed by atoms with Crippen molar-refractivity contribution in [3.8, 4) is 0 Å². The van der Waals surface area contributed by atoms with Crippen molar-refractivity contribution in [1.82, 2.24) is 20.0 Å². The van der Waals surface area contributed by atoms with E-state index in [0.29, 0.717) is 39.2 Å². The highest BCUT2D eigenvalue weighted by atomic mass is 16.5. The summed E-state index contributed by atoms with van der Waals surface area (Å²) >= 11 is 0. The lowest BCUT2D eigenvalue weighted by atomic mass is 10.0. The lowest BCUT2D eigenvalue weighted by Gasteiger charge is -2.38. The van der Waals surface area contributed by atoms with Crippen molar-refractivity contribution in [2.45, 2.75) is 69.3 Å². The molecule has 0 radical (unpaired) electrons. The number of likely N-dealkylation sites (N-methyl/N-ethyl adjacent to an activating group) is 1. The Kier molecular flexibility index (Phi) is 7.01. The molecule has 4 aliphatic heterocycles. The molecular weight excluding hydrogens is 420 g/mol. The summed E-state index contributed by atoms with van der Waals surface area (Å²) in [6.45, 7) is 6.22. The third kappa shape index (κ3) is 4.76. The van der Waals surface area contributed by atoms with Gasteiger partial charge < -0.3 is 34.8 Å². The van der Waals surface area contributed by atoms with Crippen LogP contribution >= 0.6 is 0 Å². The number of likely N-dealkylation sites (tertiary alicyclic amines) is 1. The minimum Gasteiger partial charge on any atom is -0.388 e. The maximum Gasteiger partial charge on any atom is 0.240 e. The standard InChI is InChI=1S/C21H34N4O7/c1-3-23-8-13-6-15(23)21(30)24-4-5-31-14(9-24)10-25(12(2)26)11-17-20(29)19(28)16(32-17)7-18(27)22-13/h13-17,19-20,28-29H,3-11H2,1-2H3,(H,22,27)/t13-,14-,15-,16-,17+,19-,20+/m0/s1. The minimum atomic E-state index is -1.22. The van der Waals surface area contributed by atoms with Crippen LogP contribution < -0.4 is 5.32 Å². The van der Waals surface area contributed by atoms with Gasteiger partial charge in [-0.05, 0) is 13.0 Å². The van der Waals surface area contributed by atoms with E-state index in [2.05, 4.69) is 10.2 Å². The largest absolute Gasteiger partial charge is 0.388 e. The Morgan fingerprint density at radius 3 is 2.59 bits per heavy atom. The lowest BCUT2D eigenvalue weighted by molar-refractivity contribution is -0.146. The van der Waals surface area contributed by atoms with Gasteiger partial charge in [-0.15, -0.1) is 0 Å². The zero-order chi connectivity index (χ0) is 23.0. The molecule has 0 aromatic heterocycles. The number of ether oxygens (including phenoxy) is 2. The fraction of sp³-hybridized carbons (Fsp3) is 0.857. The molecule has 4 heterocycles. The van der Waals surface area contributed by atoms with Gasteiger partial charge in [-0.25, -0.2) is 0 Å². The van der Waals surface area contributed by atoms with Gasteiger partial charge >= 0.3 is 0 Å². The number of carbonyl (C=O) groups excluding carboxylic acids is 3. The summed E-state index contributed by atoms with van der Waals surface area (Å²) < 4.78 is 11.7. The van der Waals surface area contributed by atoms with E-state index in [-0.39, 0.29) is 55.4 Å². The molecule has 0 unspecified atom stereocenters. The summed E-state index contributed by atoms with van der Waals surface area (Å²) in [6.07, 6.45) is -4.04. The Balaban J connectivity index is 1.58. The van der Waals surface area contributed by atoms with Crippen LogP contribution in [0.25, 0.3) is 0 Å². The van der Waals surface area contributed by atoms with Crippen molar-refractivity contribution < 1.29 is 34.1 Å². The first-order chi connectivity index (χ1) is 15.3. The van der Waals surface area contributed by atoms with Crippen molar-refractivity contribution >= 4 is 17.7 Å². The van der Waals surface area contributed by atoms with Crippen LogP contribution in [0.3, 0.4) is 0 Å². The number of fused-ring (bicyclic) bond motifs is 6. The summed E-state index contributed by atoms with van der Waals surface area (Å²) in [5.74, 6) is -0.494. The van der Waals surface area contributed by atoms with Gasteiger partial charge in [-0.2, -0.15) is 0 Å². The van der Waals surface area contributed by atoms with Crippen LogP contribution in [-0.4, -0.2) is 131 Å². The van der Waals surface area contributed by atoms with Gasteiger partial charge in [-0.3, -0.25) is 19.3 Å². The normalized spacial score (nSPS) is 39.3. The van der Waals surface area contributed by atoms with Crippen LogP contribution in [-0.2, 0) is 23.9 Å². The molecule has 7 atom stereocenters.